The van der Waals surface area contributed by atoms with E-state index >= 15 is 0 Å². The van der Waals surface area contributed by atoms with Gasteiger partial charge in [-0.2, -0.15) is 0 Å². The molecule has 0 radical (unpaired) electrons. The fourth-order valence-corrected chi connectivity index (χ4v) is 2.02. The van der Waals surface area contributed by atoms with Crippen LogP contribution >= 0.6 is 0 Å². The summed E-state index contributed by atoms with van der Waals surface area (Å²) in [5, 5.41) is 12.7. The second kappa shape index (κ2) is 6.34. The van der Waals surface area contributed by atoms with Crippen molar-refractivity contribution in [2.75, 3.05) is 6.54 Å². The van der Waals surface area contributed by atoms with E-state index in [4.69, 9.17) is 0 Å². The van der Waals surface area contributed by atoms with Crippen molar-refractivity contribution in [2.45, 2.75) is 26.0 Å². The third kappa shape index (κ3) is 3.24. The molecule has 0 aromatic carbocycles. The normalized spacial score (nSPS) is 12.4. The van der Waals surface area contributed by atoms with Crippen LogP contribution in [0.25, 0.3) is 0 Å². The predicted molar refractivity (Wildman–Crippen MR) is 76.3 cm³/mol. The zero-order valence-corrected chi connectivity index (χ0v) is 11.7. The lowest BCUT2D eigenvalue weighted by atomic mass is 10.1. The molecular formula is C15H19N3O2. The molecule has 5 nitrogen and oxygen atoms in total. The first-order valence-electron chi connectivity index (χ1n) is 6.62. The molecule has 0 bridgehead atoms. The molecule has 1 atom stereocenters. The highest BCUT2D eigenvalue weighted by atomic mass is 16.3. The standard InChI is InChI=1S/C15H19N3O2/c1-11(2)18-9-3-4-13(18)15(20)17-10-14(19)12-5-7-16-8-6-12/h3-9,11,14,19H,10H2,1-2H3,(H,17,20). The predicted octanol–water partition coefficient (Wildman–Crippen LogP) is 1.93. The summed E-state index contributed by atoms with van der Waals surface area (Å²) in [6, 6.07) is 7.29. The van der Waals surface area contributed by atoms with Gasteiger partial charge in [0.1, 0.15) is 5.69 Å². The van der Waals surface area contributed by atoms with Crippen molar-refractivity contribution in [1.29, 1.82) is 0 Å². The van der Waals surface area contributed by atoms with Crippen molar-refractivity contribution in [3.8, 4) is 0 Å². The molecule has 2 heterocycles. The summed E-state index contributed by atoms with van der Waals surface area (Å²) in [4.78, 5) is 16.0. The first-order valence-corrected chi connectivity index (χ1v) is 6.62. The lowest BCUT2D eigenvalue weighted by Gasteiger charge is -2.15. The third-order valence-electron chi connectivity index (χ3n) is 3.11. The third-order valence-corrected chi connectivity index (χ3v) is 3.11. The van der Waals surface area contributed by atoms with Gasteiger partial charge >= 0.3 is 0 Å². The number of nitrogens with zero attached hydrogens (tertiary/aromatic N) is 2. The number of rotatable bonds is 5. The molecule has 2 aromatic rings. The van der Waals surface area contributed by atoms with E-state index < -0.39 is 6.10 Å². The maximum atomic E-state index is 12.1. The molecule has 20 heavy (non-hydrogen) atoms. The maximum Gasteiger partial charge on any atom is 0.268 e. The second-order valence-corrected chi connectivity index (χ2v) is 4.90. The fraction of sp³-hybridized carbons (Fsp3) is 0.333. The van der Waals surface area contributed by atoms with Crippen LogP contribution < -0.4 is 5.32 Å². The van der Waals surface area contributed by atoms with Gasteiger partial charge in [-0.3, -0.25) is 9.78 Å². The number of aromatic nitrogens is 2. The molecule has 0 aliphatic heterocycles. The van der Waals surface area contributed by atoms with Crippen molar-refractivity contribution in [1.82, 2.24) is 14.9 Å². The Kier molecular flexibility index (Phi) is 4.53. The lowest BCUT2D eigenvalue weighted by Crippen LogP contribution is -2.30. The van der Waals surface area contributed by atoms with E-state index in [0.29, 0.717) is 5.69 Å². The molecule has 0 saturated heterocycles. The average Bonchev–Trinajstić information content (AvgIpc) is 2.95. The van der Waals surface area contributed by atoms with E-state index in [1.807, 2.05) is 30.7 Å². The monoisotopic (exact) mass is 273 g/mol. The molecule has 0 fully saturated rings. The Hall–Kier alpha value is -2.14. The van der Waals surface area contributed by atoms with Crippen LogP contribution in [0.2, 0.25) is 0 Å². The summed E-state index contributed by atoms with van der Waals surface area (Å²) in [5.41, 5.74) is 1.33. The minimum atomic E-state index is -0.732. The molecule has 0 spiro atoms. The van der Waals surface area contributed by atoms with E-state index in [1.54, 1.807) is 30.6 Å². The summed E-state index contributed by atoms with van der Waals surface area (Å²) in [7, 11) is 0. The summed E-state index contributed by atoms with van der Waals surface area (Å²) >= 11 is 0. The number of carbonyl (C=O) groups excluding carboxylic acids is 1. The fourth-order valence-electron chi connectivity index (χ4n) is 2.02. The molecular weight excluding hydrogens is 254 g/mol. The van der Waals surface area contributed by atoms with Crippen molar-refractivity contribution >= 4 is 5.91 Å². The van der Waals surface area contributed by atoms with Crippen LogP contribution in [0, 0.1) is 0 Å². The van der Waals surface area contributed by atoms with Gasteiger partial charge in [-0.05, 0) is 43.7 Å². The van der Waals surface area contributed by atoms with Crippen LogP contribution in [0.5, 0.6) is 0 Å². The molecule has 2 aromatic heterocycles. The van der Waals surface area contributed by atoms with Crippen molar-refractivity contribution in [2.24, 2.45) is 0 Å². The Labute approximate surface area is 118 Å². The zero-order chi connectivity index (χ0) is 14.5. The minimum Gasteiger partial charge on any atom is -0.387 e. The van der Waals surface area contributed by atoms with Gasteiger partial charge in [-0.1, -0.05) is 0 Å². The van der Waals surface area contributed by atoms with E-state index in [9.17, 15) is 9.90 Å². The van der Waals surface area contributed by atoms with Crippen LogP contribution in [-0.4, -0.2) is 27.1 Å². The van der Waals surface area contributed by atoms with Gasteiger partial charge in [-0.15, -0.1) is 0 Å². The van der Waals surface area contributed by atoms with E-state index in [1.165, 1.54) is 0 Å². The van der Waals surface area contributed by atoms with Gasteiger partial charge in [-0.25, -0.2) is 0 Å². The molecule has 5 heteroatoms. The molecule has 0 saturated carbocycles. The second-order valence-electron chi connectivity index (χ2n) is 4.90. The van der Waals surface area contributed by atoms with Gasteiger partial charge in [0, 0.05) is 31.2 Å². The number of aliphatic hydroxyl groups excluding tert-OH is 1. The number of hydrogen-bond donors (Lipinski definition) is 2. The Balaban J connectivity index is 1.97. The highest BCUT2D eigenvalue weighted by Gasteiger charge is 2.14. The first-order chi connectivity index (χ1) is 9.59. The summed E-state index contributed by atoms with van der Waals surface area (Å²) in [6.07, 6.45) is 4.37. The molecule has 106 valence electrons. The highest BCUT2D eigenvalue weighted by molar-refractivity contribution is 5.92. The largest absolute Gasteiger partial charge is 0.387 e. The Bertz CT molecular complexity index is 564. The molecule has 1 amide bonds. The van der Waals surface area contributed by atoms with Gasteiger partial charge in [0.25, 0.3) is 5.91 Å². The number of nitrogens with one attached hydrogen (secondary N) is 1. The van der Waals surface area contributed by atoms with Crippen molar-refractivity contribution in [3.63, 3.8) is 0 Å². The lowest BCUT2D eigenvalue weighted by molar-refractivity contribution is 0.0905. The molecule has 2 rings (SSSR count). The van der Waals surface area contributed by atoms with E-state index in [-0.39, 0.29) is 18.5 Å². The molecule has 0 aliphatic carbocycles. The summed E-state index contributed by atoms with van der Waals surface area (Å²) in [5.74, 6) is -0.184. The first kappa shape index (κ1) is 14.3. The molecule has 0 aliphatic rings. The number of amides is 1. The van der Waals surface area contributed by atoms with Crippen LogP contribution in [0.15, 0.2) is 42.9 Å². The Morgan fingerprint density at radius 1 is 1.35 bits per heavy atom. The quantitative estimate of drug-likeness (QED) is 0.874. The van der Waals surface area contributed by atoms with Crippen molar-refractivity contribution in [3.05, 3.63) is 54.1 Å². The molecule has 1 unspecified atom stereocenters. The molecule has 2 N–H and O–H groups in total. The van der Waals surface area contributed by atoms with Gasteiger partial charge in [0.15, 0.2) is 0 Å². The van der Waals surface area contributed by atoms with Crippen LogP contribution in [0.3, 0.4) is 0 Å². The number of hydrogen-bond acceptors (Lipinski definition) is 3. The zero-order valence-electron chi connectivity index (χ0n) is 11.7. The average molecular weight is 273 g/mol. The van der Waals surface area contributed by atoms with Gasteiger partial charge < -0.3 is 15.0 Å². The summed E-state index contributed by atoms with van der Waals surface area (Å²) in [6.45, 7) is 4.21. The van der Waals surface area contributed by atoms with E-state index in [2.05, 4.69) is 10.3 Å². The number of pyridine rings is 1. The van der Waals surface area contributed by atoms with Crippen LogP contribution in [0.1, 0.15) is 42.0 Å². The van der Waals surface area contributed by atoms with Gasteiger partial charge in [0.05, 0.1) is 6.10 Å². The van der Waals surface area contributed by atoms with Crippen molar-refractivity contribution < 1.29 is 9.90 Å². The summed E-state index contributed by atoms with van der Waals surface area (Å²) < 4.78 is 1.90. The maximum absolute atomic E-state index is 12.1. The topological polar surface area (TPSA) is 67.2 Å². The highest BCUT2D eigenvalue weighted by Crippen LogP contribution is 2.12. The van der Waals surface area contributed by atoms with Crippen LogP contribution in [0.4, 0.5) is 0 Å². The minimum absolute atomic E-state index is 0.173. The van der Waals surface area contributed by atoms with Crippen LogP contribution in [-0.2, 0) is 0 Å². The SMILES string of the molecule is CC(C)n1cccc1C(=O)NCC(O)c1ccncc1. The number of carbonyl (C=O) groups is 1. The van der Waals surface area contributed by atoms with Gasteiger partial charge in [0.2, 0.25) is 0 Å². The Morgan fingerprint density at radius 3 is 2.70 bits per heavy atom. The van der Waals surface area contributed by atoms with E-state index in [0.717, 1.165) is 5.56 Å². The Morgan fingerprint density at radius 2 is 2.05 bits per heavy atom. The smallest absolute Gasteiger partial charge is 0.268 e. The number of aliphatic hydroxyl groups is 1.